The summed E-state index contributed by atoms with van der Waals surface area (Å²) in [6.07, 6.45) is 0. The minimum atomic E-state index is -0.161. The van der Waals surface area contributed by atoms with Crippen molar-refractivity contribution in [1.29, 1.82) is 0 Å². The van der Waals surface area contributed by atoms with Gasteiger partial charge in [-0.25, -0.2) is 0 Å². The van der Waals surface area contributed by atoms with Crippen LogP contribution >= 0.6 is 0 Å². The van der Waals surface area contributed by atoms with E-state index in [-0.39, 0.29) is 12.1 Å². The van der Waals surface area contributed by atoms with Gasteiger partial charge in [-0.15, -0.1) is 0 Å². The normalized spacial score (nSPS) is 15.6. The molecule has 0 saturated carbocycles. The van der Waals surface area contributed by atoms with Gasteiger partial charge in [0.05, 0.1) is 39.8 Å². The first kappa shape index (κ1) is 27.4. The molecule has 0 N–H and O–H groups in total. The van der Waals surface area contributed by atoms with E-state index in [1.165, 1.54) is 38.9 Å². The van der Waals surface area contributed by atoms with E-state index in [9.17, 15) is 0 Å². The number of fused-ring (bicyclic) bond motifs is 10. The highest BCUT2D eigenvalue weighted by Crippen LogP contribution is 2.58. The summed E-state index contributed by atoms with van der Waals surface area (Å²) in [7, 11) is 0. The standard InChI is InChI=1S/C45H30BN3O2/c1-45(2)28-13-3-5-17-32(28)47(33-18-6-4-14-29(33)45)27-25-36-42-37(26-27)49-35-20-8-10-22-39(35)51-41-24-12-16-31(44(41)49)46(42)30-15-11-23-40-43(30)48(36)34-19-7-9-21-38(34)50-40/h3-26H,1-2H3. The van der Waals surface area contributed by atoms with Crippen LogP contribution in [0.15, 0.2) is 146 Å². The number of benzene rings is 7. The van der Waals surface area contributed by atoms with Gasteiger partial charge in [-0.1, -0.05) is 98.8 Å². The highest BCUT2D eigenvalue weighted by atomic mass is 16.5. The minimum absolute atomic E-state index is 0.0240. The van der Waals surface area contributed by atoms with Gasteiger partial charge in [-0.3, -0.25) is 0 Å². The molecule has 0 spiro atoms. The Morgan fingerprint density at radius 3 is 1.37 bits per heavy atom. The van der Waals surface area contributed by atoms with Crippen molar-refractivity contribution < 1.29 is 9.47 Å². The minimum Gasteiger partial charge on any atom is -0.453 e. The van der Waals surface area contributed by atoms with Crippen molar-refractivity contribution in [2.75, 3.05) is 14.7 Å². The number of nitrogens with zero attached hydrogens (tertiary/aromatic N) is 3. The van der Waals surface area contributed by atoms with Crippen LogP contribution in [0.2, 0.25) is 0 Å². The zero-order chi connectivity index (χ0) is 33.6. The predicted octanol–water partition coefficient (Wildman–Crippen LogP) is 10.1. The first-order valence-electron chi connectivity index (χ1n) is 17.6. The third-order valence-corrected chi connectivity index (χ3v) is 11.6. The van der Waals surface area contributed by atoms with E-state index < -0.39 is 0 Å². The molecule has 0 bridgehead atoms. The van der Waals surface area contributed by atoms with Crippen molar-refractivity contribution in [2.24, 2.45) is 0 Å². The van der Waals surface area contributed by atoms with Gasteiger partial charge in [0.25, 0.3) is 6.71 Å². The molecule has 0 fully saturated rings. The second-order valence-electron chi connectivity index (χ2n) is 14.5. The summed E-state index contributed by atoms with van der Waals surface area (Å²) in [6, 6.07) is 52.5. The van der Waals surface area contributed by atoms with Crippen LogP contribution in [-0.2, 0) is 5.41 Å². The lowest BCUT2D eigenvalue weighted by Gasteiger charge is -2.48. The Bertz CT molecular complexity index is 2510. The lowest BCUT2D eigenvalue weighted by molar-refractivity contribution is 0.477. The highest BCUT2D eigenvalue weighted by molar-refractivity contribution is 7.00. The maximum atomic E-state index is 6.67. The monoisotopic (exact) mass is 655 g/mol. The second-order valence-corrected chi connectivity index (χ2v) is 14.5. The van der Waals surface area contributed by atoms with E-state index in [2.05, 4.69) is 174 Å². The van der Waals surface area contributed by atoms with Crippen molar-refractivity contribution in [1.82, 2.24) is 0 Å². The lowest BCUT2D eigenvalue weighted by Crippen LogP contribution is -2.61. The van der Waals surface area contributed by atoms with Gasteiger partial charge in [-0.05, 0) is 88.2 Å². The summed E-state index contributed by atoms with van der Waals surface area (Å²) >= 11 is 0. The largest absolute Gasteiger partial charge is 0.453 e. The topological polar surface area (TPSA) is 28.2 Å². The van der Waals surface area contributed by atoms with E-state index in [1.54, 1.807) is 0 Å². The van der Waals surface area contributed by atoms with Crippen LogP contribution in [0.1, 0.15) is 25.0 Å². The Labute approximate surface area is 296 Å². The molecule has 0 atom stereocenters. The predicted molar refractivity (Wildman–Crippen MR) is 207 cm³/mol. The molecular weight excluding hydrogens is 625 g/mol. The molecule has 5 aliphatic heterocycles. The molecule has 5 heterocycles. The molecule has 6 heteroatoms. The summed E-state index contributed by atoms with van der Waals surface area (Å²) in [4.78, 5) is 7.38. The van der Waals surface area contributed by atoms with E-state index in [1.807, 2.05) is 0 Å². The molecule has 0 radical (unpaired) electrons. The van der Waals surface area contributed by atoms with Gasteiger partial charge >= 0.3 is 0 Å². The first-order valence-corrected chi connectivity index (χ1v) is 17.6. The average molecular weight is 656 g/mol. The molecule has 0 aliphatic carbocycles. The quantitative estimate of drug-likeness (QED) is 0.164. The number of rotatable bonds is 1. The van der Waals surface area contributed by atoms with E-state index >= 15 is 0 Å². The molecule has 7 aromatic carbocycles. The van der Waals surface area contributed by atoms with Crippen LogP contribution < -0.4 is 40.6 Å². The number of ether oxygens (including phenoxy) is 2. The Hall–Kier alpha value is -6.40. The molecule has 51 heavy (non-hydrogen) atoms. The van der Waals surface area contributed by atoms with Crippen LogP contribution in [0.25, 0.3) is 0 Å². The molecule has 7 aromatic rings. The highest BCUT2D eigenvalue weighted by Gasteiger charge is 2.48. The molecule has 0 aromatic heterocycles. The van der Waals surface area contributed by atoms with Crippen LogP contribution in [0.4, 0.5) is 51.2 Å². The number of hydrogen-bond donors (Lipinski definition) is 0. The fourth-order valence-corrected chi connectivity index (χ4v) is 9.45. The molecule has 0 saturated heterocycles. The van der Waals surface area contributed by atoms with Crippen LogP contribution in [0, 0.1) is 0 Å². The Balaban J connectivity index is 1.23. The zero-order valence-electron chi connectivity index (χ0n) is 28.1. The Kier molecular flexibility index (Phi) is 5.07. The van der Waals surface area contributed by atoms with Crippen molar-refractivity contribution in [3.8, 4) is 23.0 Å². The lowest BCUT2D eigenvalue weighted by atomic mass is 9.33. The molecule has 12 rings (SSSR count). The summed E-state index contributed by atoms with van der Waals surface area (Å²) in [5.41, 5.74) is 16.3. The van der Waals surface area contributed by atoms with Gasteiger partial charge < -0.3 is 24.2 Å². The van der Waals surface area contributed by atoms with E-state index in [4.69, 9.17) is 9.47 Å². The zero-order valence-corrected chi connectivity index (χ0v) is 28.1. The number of para-hydroxylation sites is 8. The smallest absolute Gasteiger partial charge is 0.252 e. The van der Waals surface area contributed by atoms with Crippen molar-refractivity contribution >= 4 is 74.3 Å². The van der Waals surface area contributed by atoms with E-state index in [0.717, 1.165) is 62.8 Å². The summed E-state index contributed by atoms with van der Waals surface area (Å²) in [5, 5.41) is 0. The van der Waals surface area contributed by atoms with Crippen molar-refractivity contribution in [3.63, 3.8) is 0 Å². The Morgan fingerprint density at radius 2 is 0.863 bits per heavy atom. The maximum Gasteiger partial charge on any atom is 0.252 e. The van der Waals surface area contributed by atoms with Gasteiger partial charge in [0.2, 0.25) is 0 Å². The van der Waals surface area contributed by atoms with Gasteiger partial charge in [0.1, 0.15) is 0 Å². The SMILES string of the molecule is CC1(C)c2ccccc2N(c2cc3c4c(c2)N2c5ccccc5Oc5cccc(c52)B4c2cccc4c2N3c2ccccc2O4)c2ccccc21. The molecule has 240 valence electrons. The fraction of sp³-hybridized carbons (Fsp3) is 0.0667. The maximum absolute atomic E-state index is 6.67. The first-order chi connectivity index (χ1) is 25.1. The van der Waals surface area contributed by atoms with Crippen LogP contribution in [0.5, 0.6) is 23.0 Å². The van der Waals surface area contributed by atoms with Crippen molar-refractivity contribution in [3.05, 3.63) is 157 Å². The van der Waals surface area contributed by atoms with Gasteiger partial charge in [0.15, 0.2) is 23.0 Å². The van der Waals surface area contributed by atoms with Crippen LogP contribution in [0.3, 0.4) is 0 Å². The van der Waals surface area contributed by atoms with Crippen LogP contribution in [-0.4, -0.2) is 6.71 Å². The van der Waals surface area contributed by atoms with Gasteiger partial charge in [-0.2, -0.15) is 0 Å². The molecule has 0 amide bonds. The second kappa shape index (κ2) is 9.43. The summed E-state index contributed by atoms with van der Waals surface area (Å²) in [6.45, 7) is 4.66. The third-order valence-electron chi connectivity index (χ3n) is 11.6. The average Bonchev–Trinajstić information content (AvgIpc) is 3.17. The molecule has 5 aliphatic rings. The number of hydrogen-bond acceptors (Lipinski definition) is 5. The van der Waals surface area contributed by atoms with E-state index in [0.29, 0.717) is 0 Å². The fourth-order valence-electron chi connectivity index (χ4n) is 9.45. The summed E-state index contributed by atoms with van der Waals surface area (Å²) < 4.78 is 13.3. The molecule has 5 nitrogen and oxygen atoms in total. The number of anilines is 9. The molecular formula is C45H30BN3O2. The Morgan fingerprint density at radius 1 is 0.431 bits per heavy atom. The van der Waals surface area contributed by atoms with Crippen molar-refractivity contribution in [2.45, 2.75) is 19.3 Å². The van der Waals surface area contributed by atoms with Gasteiger partial charge in [0, 0.05) is 16.8 Å². The summed E-state index contributed by atoms with van der Waals surface area (Å²) in [5.74, 6) is 3.44. The third kappa shape index (κ3) is 3.37. The molecule has 0 unspecified atom stereocenters.